The van der Waals surface area contributed by atoms with Gasteiger partial charge in [-0.2, -0.15) is 0 Å². The number of benzene rings is 2. The van der Waals surface area contributed by atoms with E-state index in [-0.39, 0.29) is 17.4 Å². The molecule has 26 heavy (non-hydrogen) atoms. The Labute approximate surface area is 153 Å². The summed E-state index contributed by atoms with van der Waals surface area (Å²) in [5, 5.41) is 9.65. The highest BCUT2D eigenvalue weighted by Crippen LogP contribution is 2.42. The zero-order chi connectivity index (χ0) is 17.9. The number of aromatic hydroxyl groups is 1. The number of phenolic OH excluding ortho intramolecular Hbond substituents is 1. The SMILES string of the molecule is CC12CC(c3ccccc3O1)n1c(sc(=Cc3cccc(O)c3)c1=O)=N2. The van der Waals surface area contributed by atoms with E-state index in [0.29, 0.717) is 15.8 Å². The van der Waals surface area contributed by atoms with Crippen molar-refractivity contribution in [1.82, 2.24) is 4.57 Å². The van der Waals surface area contributed by atoms with E-state index in [2.05, 4.69) is 0 Å². The predicted octanol–water partition coefficient (Wildman–Crippen LogP) is 2.17. The van der Waals surface area contributed by atoms with Crippen molar-refractivity contribution >= 4 is 17.4 Å². The molecule has 0 saturated carbocycles. The van der Waals surface area contributed by atoms with Gasteiger partial charge >= 0.3 is 0 Å². The van der Waals surface area contributed by atoms with Crippen LogP contribution in [0.2, 0.25) is 0 Å². The number of thiazole rings is 1. The number of hydrogen-bond donors (Lipinski definition) is 1. The van der Waals surface area contributed by atoms with Gasteiger partial charge in [0.1, 0.15) is 11.5 Å². The van der Waals surface area contributed by atoms with E-state index in [1.807, 2.05) is 37.3 Å². The lowest BCUT2D eigenvalue weighted by Gasteiger charge is -2.39. The Kier molecular flexibility index (Phi) is 3.15. The molecule has 0 saturated heterocycles. The lowest BCUT2D eigenvalue weighted by molar-refractivity contribution is 0.0410. The van der Waals surface area contributed by atoms with E-state index in [4.69, 9.17) is 9.73 Å². The highest BCUT2D eigenvalue weighted by atomic mass is 32.1. The monoisotopic (exact) mass is 364 g/mol. The highest BCUT2D eigenvalue weighted by Gasteiger charge is 2.42. The Morgan fingerprint density at radius 1 is 1.31 bits per heavy atom. The van der Waals surface area contributed by atoms with Crippen LogP contribution in [-0.2, 0) is 0 Å². The second-order valence-electron chi connectivity index (χ2n) is 6.81. The minimum Gasteiger partial charge on any atom is -0.508 e. The minimum atomic E-state index is -0.654. The number of ether oxygens (including phenoxy) is 1. The number of aromatic nitrogens is 1. The van der Waals surface area contributed by atoms with Gasteiger partial charge in [-0.05, 0) is 36.8 Å². The van der Waals surface area contributed by atoms with Gasteiger partial charge < -0.3 is 9.84 Å². The quantitative estimate of drug-likeness (QED) is 0.720. The molecule has 0 spiro atoms. The Morgan fingerprint density at radius 2 is 2.15 bits per heavy atom. The van der Waals surface area contributed by atoms with Crippen LogP contribution in [0.1, 0.15) is 30.5 Å². The summed E-state index contributed by atoms with van der Waals surface area (Å²) < 4.78 is 8.49. The lowest BCUT2D eigenvalue weighted by atomic mass is 9.93. The smallest absolute Gasteiger partial charge is 0.270 e. The van der Waals surface area contributed by atoms with Gasteiger partial charge in [-0.15, -0.1) is 0 Å². The minimum absolute atomic E-state index is 0.0548. The van der Waals surface area contributed by atoms with Gasteiger partial charge in [0.25, 0.3) is 5.56 Å². The number of phenols is 1. The zero-order valence-corrected chi connectivity index (χ0v) is 14.9. The molecule has 1 aromatic heterocycles. The number of fused-ring (bicyclic) bond motifs is 6. The topological polar surface area (TPSA) is 63.8 Å². The summed E-state index contributed by atoms with van der Waals surface area (Å²) in [7, 11) is 0. The first-order valence-corrected chi connectivity index (χ1v) is 9.24. The molecule has 0 radical (unpaired) electrons. The molecule has 2 atom stereocenters. The van der Waals surface area contributed by atoms with Gasteiger partial charge in [0.2, 0.25) is 5.72 Å². The van der Waals surface area contributed by atoms with Crippen LogP contribution in [0.5, 0.6) is 11.5 Å². The molecule has 0 amide bonds. The molecule has 0 fully saturated rings. The molecule has 5 rings (SSSR count). The third-order valence-electron chi connectivity index (χ3n) is 4.83. The standard InChI is InChI=1S/C20H16N2O3S/c1-20-11-15(14-7-2-3-8-16(14)25-20)22-18(24)17(26-19(22)21-20)10-12-5-4-6-13(23)9-12/h2-10,15,23H,11H2,1H3. The molecule has 2 bridgehead atoms. The molecule has 1 N–H and O–H groups in total. The van der Waals surface area contributed by atoms with Crippen molar-refractivity contribution in [2.75, 3.05) is 0 Å². The molecule has 130 valence electrons. The molecule has 3 heterocycles. The Bertz CT molecular complexity index is 1210. The summed E-state index contributed by atoms with van der Waals surface area (Å²) in [6.07, 6.45) is 2.44. The normalized spacial score (nSPS) is 23.6. The van der Waals surface area contributed by atoms with Crippen LogP contribution >= 0.6 is 11.3 Å². The molecule has 6 heteroatoms. The molecule has 2 unspecified atom stereocenters. The van der Waals surface area contributed by atoms with Crippen molar-refractivity contribution in [2.24, 2.45) is 4.99 Å². The fourth-order valence-electron chi connectivity index (χ4n) is 3.70. The van der Waals surface area contributed by atoms with E-state index in [1.165, 1.54) is 11.3 Å². The van der Waals surface area contributed by atoms with Crippen LogP contribution < -0.4 is 19.6 Å². The van der Waals surface area contributed by atoms with Crippen LogP contribution in [0.25, 0.3) is 6.08 Å². The average molecular weight is 364 g/mol. The molecular weight excluding hydrogens is 348 g/mol. The second-order valence-corrected chi connectivity index (χ2v) is 7.82. The molecule has 0 aliphatic carbocycles. The van der Waals surface area contributed by atoms with Crippen molar-refractivity contribution in [3.8, 4) is 11.5 Å². The fourth-order valence-corrected chi connectivity index (χ4v) is 4.83. The average Bonchev–Trinajstić information content (AvgIpc) is 2.89. The maximum atomic E-state index is 13.1. The summed E-state index contributed by atoms with van der Waals surface area (Å²) >= 11 is 1.36. The van der Waals surface area contributed by atoms with E-state index in [1.54, 1.807) is 28.8 Å². The van der Waals surface area contributed by atoms with Gasteiger partial charge in [-0.25, -0.2) is 4.99 Å². The first-order chi connectivity index (χ1) is 12.5. The van der Waals surface area contributed by atoms with Gasteiger partial charge in [-0.1, -0.05) is 41.7 Å². The number of para-hydroxylation sites is 1. The van der Waals surface area contributed by atoms with E-state index in [0.717, 1.165) is 16.9 Å². The molecular formula is C20H16N2O3S. The summed E-state index contributed by atoms with van der Waals surface area (Å²) in [5.74, 6) is 0.966. The third-order valence-corrected chi connectivity index (χ3v) is 5.81. The van der Waals surface area contributed by atoms with Gasteiger partial charge in [0.15, 0.2) is 4.80 Å². The molecule has 3 aromatic rings. The number of rotatable bonds is 1. The van der Waals surface area contributed by atoms with Crippen molar-refractivity contribution < 1.29 is 9.84 Å². The van der Waals surface area contributed by atoms with Crippen LogP contribution in [0.15, 0.2) is 58.3 Å². The van der Waals surface area contributed by atoms with Crippen molar-refractivity contribution in [1.29, 1.82) is 0 Å². The van der Waals surface area contributed by atoms with E-state index >= 15 is 0 Å². The van der Waals surface area contributed by atoms with E-state index < -0.39 is 5.72 Å². The van der Waals surface area contributed by atoms with Gasteiger partial charge in [0.05, 0.1) is 10.6 Å². The fraction of sp³-hybridized carbons (Fsp3) is 0.200. The number of nitrogens with zero attached hydrogens (tertiary/aromatic N) is 2. The molecule has 5 nitrogen and oxygen atoms in total. The van der Waals surface area contributed by atoms with Crippen LogP contribution in [0, 0.1) is 0 Å². The van der Waals surface area contributed by atoms with Crippen molar-refractivity contribution in [2.45, 2.75) is 25.1 Å². The second kappa shape index (κ2) is 5.32. The maximum absolute atomic E-state index is 13.1. The van der Waals surface area contributed by atoms with Crippen molar-refractivity contribution in [3.63, 3.8) is 0 Å². The van der Waals surface area contributed by atoms with E-state index in [9.17, 15) is 9.90 Å². The predicted molar refractivity (Wildman–Crippen MR) is 99.3 cm³/mol. The maximum Gasteiger partial charge on any atom is 0.270 e. The Morgan fingerprint density at radius 3 is 3.00 bits per heavy atom. The van der Waals surface area contributed by atoms with Crippen LogP contribution in [-0.4, -0.2) is 15.4 Å². The molecule has 2 aliphatic heterocycles. The Hall–Kier alpha value is -2.86. The van der Waals surface area contributed by atoms with Crippen LogP contribution in [0.3, 0.4) is 0 Å². The summed E-state index contributed by atoms with van der Waals surface area (Å²) in [4.78, 5) is 18.5. The lowest BCUT2D eigenvalue weighted by Crippen LogP contribution is -2.49. The summed E-state index contributed by atoms with van der Waals surface area (Å²) in [6.45, 7) is 1.96. The highest BCUT2D eigenvalue weighted by molar-refractivity contribution is 7.07. The third kappa shape index (κ3) is 2.29. The summed E-state index contributed by atoms with van der Waals surface area (Å²) in [5.41, 5.74) is 1.09. The first kappa shape index (κ1) is 15.4. The largest absolute Gasteiger partial charge is 0.508 e. The van der Waals surface area contributed by atoms with Gasteiger partial charge in [-0.3, -0.25) is 9.36 Å². The molecule has 2 aliphatic rings. The first-order valence-electron chi connectivity index (χ1n) is 8.42. The number of hydrogen-bond acceptors (Lipinski definition) is 5. The zero-order valence-electron chi connectivity index (χ0n) is 14.0. The molecule has 2 aromatic carbocycles. The van der Waals surface area contributed by atoms with Gasteiger partial charge in [0, 0.05) is 12.0 Å². The Balaban J connectivity index is 1.76. The van der Waals surface area contributed by atoms with Crippen molar-refractivity contribution in [3.05, 3.63) is 79.3 Å². The summed E-state index contributed by atoms with van der Waals surface area (Å²) in [6, 6.07) is 14.6. The van der Waals surface area contributed by atoms with Crippen LogP contribution in [0.4, 0.5) is 0 Å².